The van der Waals surface area contributed by atoms with Crippen molar-refractivity contribution in [2.75, 3.05) is 13.2 Å². The molecule has 3 rings (SSSR count). The van der Waals surface area contributed by atoms with E-state index in [4.69, 9.17) is 9.47 Å². The highest BCUT2D eigenvalue weighted by atomic mass is 79.9. The van der Waals surface area contributed by atoms with E-state index in [9.17, 15) is 13.2 Å². The summed E-state index contributed by atoms with van der Waals surface area (Å²) in [5, 5.41) is 0. The van der Waals surface area contributed by atoms with Crippen molar-refractivity contribution in [2.45, 2.75) is 4.21 Å². The fourth-order valence-electron chi connectivity index (χ4n) is 1.99. The molecule has 2 heterocycles. The quantitative estimate of drug-likeness (QED) is 0.755. The minimum absolute atomic E-state index is 0.0652. The number of benzene rings is 1. The number of hydrogen-bond donors (Lipinski definition) is 1. The highest BCUT2D eigenvalue weighted by Gasteiger charge is 2.18. The first kappa shape index (κ1) is 17.0. The Morgan fingerprint density at radius 1 is 1.17 bits per heavy atom. The van der Waals surface area contributed by atoms with Gasteiger partial charge in [-0.05, 0) is 51.8 Å². The van der Waals surface area contributed by atoms with Crippen molar-refractivity contribution in [3.05, 3.63) is 45.8 Å². The third-order valence-corrected chi connectivity index (χ3v) is 6.50. The van der Waals surface area contributed by atoms with Crippen LogP contribution < -0.4 is 14.2 Å². The first-order chi connectivity index (χ1) is 11.4. The maximum Gasteiger partial charge on any atom is 0.273 e. The number of sulfonamides is 1. The Kier molecular flexibility index (Phi) is 4.93. The Morgan fingerprint density at radius 3 is 2.62 bits per heavy atom. The minimum atomic E-state index is -3.86. The second-order valence-electron chi connectivity index (χ2n) is 4.76. The predicted molar refractivity (Wildman–Crippen MR) is 93.8 cm³/mol. The largest absolute Gasteiger partial charge is 0.486 e. The van der Waals surface area contributed by atoms with E-state index in [-0.39, 0.29) is 4.21 Å². The van der Waals surface area contributed by atoms with Crippen LogP contribution in [0, 0.1) is 0 Å². The molecule has 1 amide bonds. The Balaban J connectivity index is 1.69. The molecule has 126 valence electrons. The standard InChI is InChI=1S/C15H12BrNO5S2/c16-13-4-6-15(23-13)24(19,20)17-14(18)5-2-10-1-3-11-12(9-10)22-8-7-21-11/h1-6,9H,7-8H2,(H,17,18). The van der Waals surface area contributed by atoms with E-state index in [1.165, 1.54) is 12.1 Å². The summed E-state index contributed by atoms with van der Waals surface area (Å²) < 4.78 is 37.7. The van der Waals surface area contributed by atoms with Crippen LogP contribution in [-0.4, -0.2) is 27.5 Å². The molecule has 0 saturated carbocycles. The summed E-state index contributed by atoms with van der Waals surface area (Å²) in [6.45, 7) is 0.969. The number of carbonyl (C=O) groups excluding carboxylic acids is 1. The van der Waals surface area contributed by atoms with Crippen molar-refractivity contribution in [2.24, 2.45) is 0 Å². The summed E-state index contributed by atoms with van der Waals surface area (Å²) in [6.07, 6.45) is 2.67. The monoisotopic (exact) mass is 429 g/mol. The Hall–Kier alpha value is -1.84. The molecular formula is C15H12BrNO5S2. The number of thiophene rings is 1. The highest BCUT2D eigenvalue weighted by molar-refractivity contribution is 9.11. The Bertz CT molecular complexity index is 904. The molecule has 1 aromatic heterocycles. The Labute approximate surface area is 151 Å². The van der Waals surface area contributed by atoms with E-state index >= 15 is 0 Å². The van der Waals surface area contributed by atoms with Crippen molar-refractivity contribution < 1.29 is 22.7 Å². The summed E-state index contributed by atoms with van der Waals surface area (Å²) in [6, 6.07) is 8.25. The molecule has 0 unspecified atom stereocenters. The van der Waals surface area contributed by atoms with Crippen molar-refractivity contribution in [3.8, 4) is 11.5 Å². The van der Waals surface area contributed by atoms with Crippen LogP contribution in [0.4, 0.5) is 0 Å². The molecule has 1 aromatic carbocycles. The molecule has 0 atom stereocenters. The lowest BCUT2D eigenvalue weighted by Gasteiger charge is -2.18. The maximum absolute atomic E-state index is 12.0. The van der Waals surface area contributed by atoms with Gasteiger partial charge in [0.15, 0.2) is 11.5 Å². The van der Waals surface area contributed by atoms with Gasteiger partial charge in [-0.25, -0.2) is 13.1 Å². The average Bonchev–Trinajstić information content (AvgIpc) is 3.00. The zero-order valence-corrected chi connectivity index (χ0v) is 15.4. The number of amides is 1. The molecule has 24 heavy (non-hydrogen) atoms. The zero-order chi connectivity index (χ0) is 17.2. The van der Waals surface area contributed by atoms with Crippen LogP contribution in [0.25, 0.3) is 6.08 Å². The van der Waals surface area contributed by atoms with Crippen LogP contribution >= 0.6 is 27.3 Å². The molecule has 0 radical (unpaired) electrons. The molecule has 1 aliphatic heterocycles. The van der Waals surface area contributed by atoms with E-state index in [1.807, 2.05) is 4.72 Å². The average molecular weight is 430 g/mol. The molecule has 0 bridgehead atoms. The van der Waals surface area contributed by atoms with Crippen LogP contribution in [0.2, 0.25) is 0 Å². The lowest BCUT2D eigenvalue weighted by atomic mass is 10.2. The minimum Gasteiger partial charge on any atom is -0.486 e. The number of rotatable bonds is 4. The smallest absolute Gasteiger partial charge is 0.273 e. The lowest BCUT2D eigenvalue weighted by Crippen LogP contribution is -2.28. The SMILES string of the molecule is O=C(C=Cc1ccc2c(c1)OCCO2)NS(=O)(=O)c1ccc(Br)s1. The van der Waals surface area contributed by atoms with Crippen LogP contribution in [0.3, 0.4) is 0 Å². The second-order valence-corrected chi connectivity index (χ2v) is 9.14. The fraction of sp³-hybridized carbons (Fsp3) is 0.133. The number of ether oxygens (including phenoxy) is 2. The Morgan fingerprint density at radius 2 is 1.92 bits per heavy atom. The van der Waals surface area contributed by atoms with Gasteiger partial charge in [0.1, 0.15) is 17.4 Å². The van der Waals surface area contributed by atoms with Gasteiger partial charge in [0, 0.05) is 6.08 Å². The number of nitrogens with one attached hydrogen (secondary N) is 1. The van der Waals surface area contributed by atoms with E-state index < -0.39 is 15.9 Å². The zero-order valence-electron chi connectivity index (χ0n) is 12.2. The molecule has 9 heteroatoms. The van der Waals surface area contributed by atoms with Gasteiger partial charge in [-0.2, -0.15) is 0 Å². The normalized spacial score (nSPS) is 13.9. The van der Waals surface area contributed by atoms with Gasteiger partial charge >= 0.3 is 0 Å². The number of hydrogen-bond acceptors (Lipinski definition) is 6. The van der Waals surface area contributed by atoms with Crippen LogP contribution in [-0.2, 0) is 14.8 Å². The van der Waals surface area contributed by atoms with Gasteiger partial charge in [0.25, 0.3) is 15.9 Å². The summed E-state index contributed by atoms with van der Waals surface area (Å²) in [4.78, 5) is 11.9. The first-order valence-electron chi connectivity index (χ1n) is 6.84. The molecule has 0 saturated heterocycles. The predicted octanol–water partition coefficient (Wildman–Crippen LogP) is 2.80. The summed E-state index contributed by atoms with van der Waals surface area (Å²) in [7, 11) is -3.86. The summed E-state index contributed by atoms with van der Waals surface area (Å²) in [5.74, 6) is 0.517. The molecule has 6 nitrogen and oxygen atoms in total. The van der Waals surface area contributed by atoms with Crippen LogP contribution in [0.1, 0.15) is 5.56 Å². The van der Waals surface area contributed by atoms with E-state index in [0.29, 0.717) is 34.1 Å². The number of halogens is 1. The fourth-order valence-corrected chi connectivity index (χ4v) is 4.95. The summed E-state index contributed by atoms with van der Waals surface area (Å²) >= 11 is 4.21. The molecule has 0 fully saturated rings. The van der Waals surface area contributed by atoms with Gasteiger partial charge in [-0.1, -0.05) is 6.07 Å². The highest BCUT2D eigenvalue weighted by Crippen LogP contribution is 2.31. The van der Waals surface area contributed by atoms with Crippen molar-refractivity contribution in [3.63, 3.8) is 0 Å². The maximum atomic E-state index is 12.0. The lowest BCUT2D eigenvalue weighted by molar-refractivity contribution is -0.114. The topological polar surface area (TPSA) is 81.7 Å². The number of carbonyl (C=O) groups is 1. The molecule has 0 spiro atoms. The first-order valence-corrected chi connectivity index (χ1v) is 9.93. The van der Waals surface area contributed by atoms with E-state index in [1.54, 1.807) is 24.3 Å². The van der Waals surface area contributed by atoms with Crippen molar-refractivity contribution in [1.82, 2.24) is 4.72 Å². The molecular weight excluding hydrogens is 418 g/mol. The number of fused-ring (bicyclic) bond motifs is 1. The van der Waals surface area contributed by atoms with Crippen LogP contribution in [0.5, 0.6) is 11.5 Å². The third-order valence-electron chi connectivity index (χ3n) is 3.04. The van der Waals surface area contributed by atoms with E-state index in [2.05, 4.69) is 15.9 Å². The summed E-state index contributed by atoms with van der Waals surface area (Å²) in [5.41, 5.74) is 0.700. The van der Waals surface area contributed by atoms with Gasteiger partial charge < -0.3 is 9.47 Å². The van der Waals surface area contributed by atoms with Crippen molar-refractivity contribution >= 4 is 49.3 Å². The van der Waals surface area contributed by atoms with Gasteiger partial charge in [0.2, 0.25) is 0 Å². The molecule has 1 aliphatic rings. The second kappa shape index (κ2) is 6.96. The third kappa shape index (κ3) is 3.97. The van der Waals surface area contributed by atoms with Gasteiger partial charge in [-0.3, -0.25) is 4.79 Å². The van der Waals surface area contributed by atoms with E-state index in [0.717, 1.165) is 17.4 Å². The van der Waals surface area contributed by atoms with Gasteiger partial charge in [0.05, 0.1) is 3.79 Å². The van der Waals surface area contributed by atoms with Crippen molar-refractivity contribution in [1.29, 1.82) is 0 Å². The van der Waals surface area contributed by atoms with Crippen LogP contribution in [0.15, 0.2) is 44.4 Å². The molecule has 2 aromatic rings. The van der Waals surface area contributed by atoms with Gasteiger partial charge in [-0.15, -0.1) is 11.3 Å². The molecule has 1 N–H and O–H groups in total. The molecule has 0 aliphatic carbocycles.